The van der Waals surface area contributed by atoms with Crippen molar-refractivity contribution in [2.45, 2.75) is 32.8 Å². The third kappa shape index (κ3) is 6.16. The molecule has 0 bridgehead atoms. The first-order valence-corrected chi connectivity index (χ1v) is 6.18. The Hall–Kier alpha value is -0.510. The summed E-state index contributed by atoms with van der Waals surface area (Å²) in [6.07, 6.45) is 8.34. The first kappa shape index (κ1) is 15.5. The lowest BCUT2D eigenvalue weighted by atomic mass is 9.99. The van der Waals surface area contributed by atoms with E-state index in [1.807, 2.05) is 21.0 Å². The van der Waals surface area contributed by atoms with Crippen LogP contribution in [-0.2, 0) is 4.74 Å². The minimum absolute atomic E-state index is 0.205. The van der Waals surface area contributed by atoms with Gasteiger partial charge in [0.05, 0.1) is 6.10 Å². The summed E-state index contributed by atoms with van der Waals surface area (Å²) < 4.78 is 5.59. The highest BCUT2D eigenvalue weighted by Gasteiger charge is 2.14. The number of ether oxygens (including phenoxy) is 1. The molecule has 0 heterocycles. The Labute approximate surface area is 105 Å². The highest BCUT2D eigenvalue weighted by Crippen LogP contribution is 2.17. The molecule has 1 rings (SSSR count). The smallest absolute Gasteiger partial charge is 0.0807 e. The van der Waals surface area contributed by atoms with Gasteiger partial charge in [-0.3, -0.25) is 0 Å². The van der Waals surface area contributed by atoms with Crippen LogP contribution in [0.3, 0.4) is 0 Å². The number of rotatable bonds is 3. The van der Waals surface area contributed by atoms with E-state index >= 15 is 0 Å². The first-order chi connectivity index (χ1) is 7.69. The molecule has 0 amide bonds. The zero-order valence-corrected chi connectivity index (χ0v) is 11.6. The van der Waals surface area contributed by atoms with Gasteiger partial charge in [0, 0.05) is 17.9 Å². The normalized spacial score (nSPS) is 21.9. The molecule has 0 aliphatic heterocycles. The fourth-order valence-electron chi connectivity index (χ4n) is 1.31. The van der Waals surface area contributed by atoms with Crippen LogP contribution in [0.25, 0.3) is 0 Å². The van der Waals surface area contributed by atoms with E-state index in [0.717, 1.165) is 24.3 Å². The Morgan fingerprint density at radius 2 is 2.19 bits per heavy atom. The lowest BCUT2D eigenvalue weighted by molar-refractivity contribution is 0.0901. The molecule has 2 nitrogen and oxygen atoms in total. The van der Waals surface area contributed by atoms with Gasteiger partial charge in [0.2, 0.25) is 0 Å². The van der Waals surface area contributed by atoms with Gasteiger partial charge in [-0.05, 0) is 33.0 Å². The molecule has 0 aromatic heterocycles. The third-order valence-corrected chi connectivity index (χ3v) is 2.45. The summed E-state index contributed by atoms with van der Waals surface area (Å²) >= 11 is 5.25. The van der Waals surface area contributed by atoms with E-state index < -0.39 is 0 Å². The van der Waals surface area contributed by atoms with Crippen LogP contribution in [0.1, 0.15) is 26.7 Å². The molecular weight excluding hydrogens is 218 g/mol. The summed E-state index contributed by atoms with van der Waals surface area (Å²) in [5.74, 6) is 0. The van der Waals surface area contributed by atoms with Crippen molar-refractivity contribution in [2.75, 3.05) is 20.7 Å². The maximum absolute atomic E-state index is 5.59. The SMILES string of the molecule is CC=C1C=CC(OCCC)CC1=S.CNC. The molecule has 16 heavy (non-hydrogen) atoms. The Bertz CT molecular complexity index is 259. The Kier molecular flexibility index (Phi) is 9.39. The van der Waals surface area contributed by atoms with Crippen LogP contribution in [0.15, 0.2) is 23.8 Å². The molecule has 1 aliphatic carbocycles. The second kappa shape index (κ2) is 9.70. The van der Waals surface area contributed by atoms with Crippen molar-refractivity contribution in [3.8, 4) is 0 Å². The molecular formula is C13H23NOS. The predicted octanol–water partition coefficient (Wildman–Crippen LogP) is 2.89. The van der Waals surface area contributed by atoms with Crippen molar-refractivity contribution in [3.05, 3.63) is 23.8 Å². The van der Waals surface area contributed by atoms with E-state index in [1.54, 1.807) is 0 Å². The van der Waals surface area contributed by atoms with Gasteiger partial charge in [0.1, 0.15) is 0 Å². The second-order valence-electron chi connectivity index (χ2n) is 3.64. The zero-order valence-electron chi connectivity index (χ0n) is 10.7. The molecule has 1 N–H and O–H groups in total. The molecule has 1 unspecified atom stereocenters. The number of thiocarbonyl (C=S) groups is 1. The van der Waals surface area contributed by atoms with E-state index in [1.165, 1.54) is 5.57 Å². The van der Waals surface area contributed by atoms with Crippen LogP contribution in [0, 0.1) is 0 Å². The summed E-state index contributed by atoms with van der Waals surface area (Å²) in [6.45, 7) is 4.95. The van der Waals surface area contributed by atoms with Crippen molar-refractivity contribution >= 4 is 17.1 Å². The average Bonchev–Trinajstić information content (AvgIpc) is 2.27. The molecule has 0 spiro atoms. The van der Waals surface area contributed by atoms with E-state index in [2.05, 4.69) is 30.5 Å². The van der Waals surface area contributed by atoms with Crippen molar-refractivity contribution in [1.29, 1.82) is 0 Å². The molecule has 0 aromatic rings. The van der Waals surface area contributed by atoms with Gasteiger partial charge in [0.15, 0.2) is 0 Å². The van der Waals surface area contributed by atoms with Crippen LogP contribution >= 0.6 is 12.2 Å². The predicted molar refractivity (Wildman–Crippen MR) is 75.1 cm³/mol. The lowest BCUT2D eigenvalue weighted by Crippen LogP contribution is -2.19. The van der Waals surface area contributed by atoms with E-state index in [0.29, 0.717) is 0 Å². The van der Waals surface area contributed by atoms with Gasteiger partial charge in [-0.1, -0.05) is 37.4 Å². The fourth-order valence-corrected chi connectivity index (χ4v) is 1.66. The minimum Gasteiger partial charge on any atom is -0.374 e. The summed E-state index contributed by atoms with van der Waals surface area (Å²) in [6, 6.07) is 0. The summed E-state index contributed by atoms with van der Waals surface area (Å²) in [7, 11) is 3.75. The Morgan fingerprint density at radius 1 is 1.56 bits per heavy atom. The van der Waals surface area contributed by atoms with Gasteiger partial charge in [-0.25, -0.2) is 0 Å². The Morgan fingerprint density at radius 3 is 2.62 bits per heavy atom. The van der Waals surface area contributed by atoms with Gasteiger partial charge in [-0.15, -0.1) is 0 Å². The summed E-state index contributed by atoms with van der Waals surface area (Å²) in [5.41, 5.74) is 1.17. The van der Waals surface area contributed by atoms with Crippen molar-refractivity contribution in [3.63, 3.8) is 0 Å². The second-order valence-corrected chi connectivity index (χ2v) is 4.13. The maximum atomic E-state index is 5.59. The zero-order chi connectivity index (χ0) is 12.4. The van der Waals surface area contributed by atoms with E-state index in [-0.39, 0.29) is 6.10 Å². The van der Waals surface area contributed by atoms with Gasteiger partial charge in [-0.2, -0.15) is 0 Å². The van der Waals surface area contributed by atoms with Crippen molar-refractivity contribution < 1.29 is 4.74 Å². The molecule has 92 valence electrons. The number of hydrogen-bond donors (Lipinski definition) is 1. The first-order valence-electron chi connectivity index (χ1n) is 5.77. The average molecular weight is 241 g/mol. The molecule has 0 aromatic carbocycles. The van der Waals surface area contributed by atoms with Crippen LogP contribution < -0.4 is 5.32 Å². The van der Waals surface area contributed by atoms with Gasteiger partial charge < -0.3 is 10.1 Å². The van der Waals surface area contributed by atoms with Gasteiger partial charge in [0.25, 0.3) is 0 Å². The van der Waals surface area contributed by atoms with E-state index in [9.17, 15) is 0 Å². The monoisotopic (exact) mass is 241 g/mol. The molecule has 0 saturated heterocycles. The fraction of sp³-hybridized carbons (Fsp3) is 0.615. The highest BCUT2D eigenvalue weighted by molar-refractivity contribution is 7.80. The Balaban J connectivity index is 0.000000673. The van der Waals surface area contributed by atoms with Crippen LogP contribution in [0.4, 0.5) is 0 Å². The number of nitrogens with one attached hydrogen (secondary N) is 1. The van der Waals surface area contributed by atoms with Crippen LogP contribution in [0.2, 0.25) is 0 Å². The molecule has 3 heteroatoms. The van der Waals surface area contributed by atoms with Crippen LogP contribution in [-0.4, -0.2) is 31.7 Å². The minimum atomic E-state index is 0.205. The van der Waals surface area contributed by atoms with Crippen molar-refractivity contribution in [2.24, 2.45) is 0 Å². The molecule has 0 radical (unpaired) electrons. The summed E-state index contributed by atoms with van der Waals surface area (Å²) in [4.78, 5) is 1.02. The highest BCUT2D eigenvalue weighted by atomic mass is 32.1. The summed E-state index contributed by atoms with van der Waals surface area (Å²) in [5, 5.41) is 2.75. The topological polar surface area (TPSA) is 21.3 Å². The molecule has 1 aliphatic rings. The van der Waals surface area contributed by atoms with Crippen molar-refractivity contribution in [1.82, 2.24) is 5.32 Å². The van der Waals surface area contributed by atoms with Crippen LogP contribution in [0.5, 0.6) is 0 Å². The van der Waals surface area contributed by atoms with E-state index in [4.69, 9.17) is 17.0 Å². The maximum Gasteiger partial charge on any atom is 0.0807 e. The standard InChI is InChI=1S/C11H16OS.C2H7N/c1-3-7-12-10-6-5-9(4-2)11(13)8-10;1-3-2/h4-6,10H,3,7-8H2,1-2H3;3H,1-2H3. The number of allylic oxidation sites excluding steroid dienone is 3. The largest absolute Gasteiger partial charge is 0.374 e. The van der Waals surface area contributed by atoms with Gasteiger partial charge >= 0.3 is 0 Å². The molecule has 0 fully saturated rings. The lowest BCUT2D eigenvalue weighted by Gasteiger charge is -2.19. The molecule has 1 atom stereocenters. The molecule has 0 saturated carbocycles. The third-order valence-electron chi connectivity index (χ3n) is 2.05. The number of hydrogen-bond acceptors (Lipinski definition) is 3. The quantitative estimate of drug-likeness (QED) is 0.606.